The minimum Gasteiger partial charge on any atom is -0.381 e. The molecule has 0 aromatic heterocycles. The minimum atomic E-state index is -4.51. The predicted octanol–water partition coefficient (Wildman–Crippen LogP) is 6.15. The number of Topliss-reactive ketones (excluding diaryl/α,β-unsaturated/α-hetero) is 1. The predicted molar refractivity (Wildman–Crippen MR) is 139 cm³/mol. The third-order valence-electron chi connectivity index (χ3n) is 5.67. The molecule has 9 heteroatoms. The van der Waals surface area contributed by atoms with E-state index < -0.39 is 7.82 Å². The molecule has 2 unspecified atom stereocenters. The lowest BCUT2D eigenvalue weighted by molar-refractivity contribution is -0.116. The Bertz CT molecular complexity index is 505. The Morgan fingerprint density at radius 2 is 1.36 bits per heavy atom. The molecule has 198 valence electrons. The van der Waals surface area contributed by atoms with Crippen LogP contribution in [-0.2, 0) is 18.6 Å². The number of hydrogen-bond acceptors (Lipinski definition) is 5. The summed E-state index contributed by atoms with van der Waals surface area (Å²) in [6.45, 7) is 5.50. The van der Waals surface area contributed by atoms with E-state index in [1.165, 1.54) is 84.0 Å². The van der Waals surface area contributed by atoms with Crippen molar-refractivity contribution < 1.29 is 28.4 Å². The summed E-state index contributed by atoms with van der Waals surface area (Å²) in [5.74, 6) is -0.0304. The number of ketones is 1. The van der Waals surface area contributed by atoms with Gasteiger partial charge in [-0.3, -0.25) is 9.32 Å². The molecule has 0 aliphatic heterocycles. The van der Waals surface area contributed by atoms with Gasteiger partial charge < -0.3 is 19.8 Å². The molecule has 0 heterocycles. The standard InChI is InChI=1S/C24H49BrNO6P/c1-3-4-5-6-7-8-9-10-11-12-13-14-15-16-17-31-20-23(19-26-18-22(2)27)24(25)21-32-33(28,29)30/h23-24,26H,3-21H2,1-2H3,(H2,28,29,30). The van der Waals surface area contributed by atoms with Crippen LogP contribution in [0, 0.1) is 5.92 Å². The van der Waals surface area contributed by atoms with Gasteiger partial charge in [0.25, 0.3) is 0 Å². The Balaban J connectivity index is 3.75. The van der Waals surface area contributed by atoms with Gasteiger partial charge in [-0.1, -0.05) is 106 Å². The molecule has 33 heavy (non-hydrogen) atoms. The summed E-state index contributed by atoms with van der Waals surface area (Å²) in [6.07, 6.45) is 18.4. The number of nitrogens with one attached hydrogen (secondary N) is 1. The highest BCUT2D eigenvalue weighted by molar-refractivity contribution is 9.09. The van der Waals surface area contributed by atoms with Crippen LogP contribution in [0.2, 0.25) is 0 Å². The van der Waals surface area contributed by atoms with Crippen LogP contribution in [-0.4, -0.2) is 53.3 Å². The zero-order valence-corrected chi connectivity index (χ0v) is 23.4. The van der Waals surface area contributed by atoms with Crippen molar-refractivity contribution in [1.29, 1.82) is 0 Å². The summed E-state index contributed by atoms with van der Waals surface area (Å²) >= 11 is 3.44. The van der Waals surface area contributed by atoms with Crippen LogP contribution in [0.3, 0.4) is 0 Å². The number of alkyl halides is 1. The first-order valence-electron chi connectivity index (χ1n) is 12.9. The first-order chi connectivity index (χ1) is 15.8. The summed E-state index contributed by atoms with van der Waals surface area (Å²) < 4.78 is 21.3. The number of rotatable bonds is 25. The normalized spacial score (nSPS) is 13.8. The molecule has 7 nitrogen and oxygen atoms in total. The number of phosphoric ester groups is 1. The van der Waals surface area contributed by atoms with Crippen molar-refractivity contribution in [3.05, 3.63) is 0 Å². The van der Waals surface area contributed by atoms with E-state index in [9.17, 15) is 9.36 Å². The van der Waals surface area contributed by atoms with E-state index in [-0.39, 0.29) is 29.7 Å². The number of unbranched alkanes of at least 4 members (excludes halogenated alkanes) is 13. The van der Waals surface area contributed by atoms with E-state index in [1.807, 2.05) is 0 Å². The van der Waals surface area contributed by atoms with Crippen LogP contribution < -0.4 is 5.32 Å². The number of ether oxygens (including phenoxy) is 1. The second kappa shape index (κ2) is 22.6. The molecular weight excluding hydrogens is 509 g/mol. The maximum absolute atomic E-state index is 11.1. The van der Waals surface area contributed by atoms with E-state index in [1.54, 1.807) is 0 Å². The molecule has 0 aliphatic rings. The second-order valence-corrected chi connectivity index (χ2v) is 11.5. The Kier molecular flexibility index (Phi) is 22.8. The fraction of sp³-hybridized carbons (Fsp3) is 0.958. The van der Waals surface area contributed by atoms with Crippen molar-refractivity contribution >= 4 is 29.5 Å². The third-order valence-corrected chi connectivity index (χ3v) is 7.17. The van der Waals surface area contributed by atoms with Crippen molar-refractivity contribution in [2.24, 2.45) is 5.92 Å². The molecule has 2 atom stereocenters. The largest absolute Gasteiger partial charge is 0.469 e. The lowest BCUT2D eigenvalue weighted by Crippen LogP contribution is -2.36. The van der Waals surface area contributed by atoms with Crippen LogP contribution >= 0.6 is 23.8 Å². The first-order valence-corrected chi connectivity index (χ1v) is 15.3. The molecule has 0 bridgehead atoms. The Hall–Kier alpha value is 0.180. The summed E-state index contributed by atoms with van der Waals surface area (Å²) in [4.78, 5) is 28.6. The van der Waals surface area contributed by atoms with E-state index in [4.69, 9.17) is 14.5 Å². The average molecular weight is 559 g/mol. The number of carbonyl (C=O) groups excluding carboxylic acids is 1. The summed E-state index contributed by atoms with van der Waals surface area (Å²) in [5.41, 5.74) is 0. The van der Waals surface area contributed by atoms with Crippen molar-refractivity contribution in [1.82, 2.24) is 5.32 Å². The zero-order chi connectivity index (χ0) is 24.8. The van der Waals surface area contributed by atoms with Gasteiger partial charge in [0, 0.05) is 23.9 Å². The SMILES string of the molecule is CCCCCCCCCCCCCCCCOCC(CNCC(C)=O)C(Br)COP(=O)(O)O. The van der Waals surface area contributed by atoms with Crippen molar-refractivity contribution in [3.63, 3.8) is 0 Å². The van der Waals surface area contributed by atoms with E-state index in [0.29, 0.717) is 19.8 Å². The van der Waals surface area contributed by atoms with Gasteiger partial charge >= 0.3 is 7.82 Å². The van der Waals surface area contributed by atoms with Crippen LogP contribution in [0.15, 0.2) is 0 Å². The molecule has 0 rings (SSSR count). The fourth-order valence-electron chi connectivity index (χ4n) is 3.66. The zero-order valence-electron chi connectivity index (χ0n) is 20.9. The number of phosphoric acid groups is 1. The molecule has 0 saturated heterocycles. The van der Waals surface area contributed by atoms with Gasteiger partial charge in [0.05, 0.1) is 19.8 Å². The Morgan fingerprint density at radius 3 is 1.82 bits per heavy atom. The molecule has 3 N–H and O–H groups in total. The molecule has 0 aromatic rings. The van der Waals surface area contributed by atoms with Crippen molar-refractivity contribution in [2.75, 3.05) is 32.9 Å². The van der Waals surface area contributed by atoms with Crippen LogP contribution in [0.4, 0.5) is 0 Å². The summed E-state index contributed by atoms with van der Waals surface area (Å²) in [6, 6.07) is 0. The molecule has 0 amide bonds. The van der Waals surface area contributed by atoms with Gasteiger partial charge in [0.2, 0.25) is 0 Å². The van der Waals surface area contributed by atoms with Gasteiger partial charge in [-0.25, -0.2) is 4.57 Å². The summed E-state index contributed by atoms with van der Waals surface area (Å²) in [7, 11) is -4.51. The maximum atomic E-state index is 11.1. The van der Waals surface area contributed by atoms with E-state index >= 15 is 0 Å². The number of carbonyl (C=O) groups is 1. The molecule has 0 fully saturated rings. The molecular formula is C24H49BrNO6P. The third kappa shape index (κ3) is 25.1. The molecule has 0 aliphatic carbocycles. The molecule has 0 spiro atoms. The number of hydrogen-bond donors (Lipinski definition) is 3. The smallest absolute Gasteiger partial charge is 0.381 e. The van der Waals surface area contributed by atoms with Gasteiger partial charge in [-0.05, 0) is 13.3 Å². The van der Waals surface area contributed by atoms with Gasteiger partial charge in [-0.2, -0.15) is 0 Å². The quantitative estimate of drug-likeness (QED) is 0.0701. The minimum absolute atomic E-state index is 0.0367. The first kappa shape index (κ1) is 33.2. The van der Waals surface area contributed by atoms with Crippen molar-refractivity contribution in [3.8, 4) is 0 Å². The Morgan fingerprint density at radius 1 is 0.879 bits per heavy atom. The average Bonchev–Trinajstić information content (AvgIpc) is 2.75. The Labute approximate surface area is 210 Å². The summed E-state index contributed by atoms with van der Waals surface area (Å²) in [5, 5.41) is 3.06. The molecule has 0 saturated carbocycles. The van der Waals surface area contributed by atoms with Gasteiger partial charge in [0.1, 0.15) is 5.78 Å². The van der Waals surface area contributed by atoms with E-state index in [0.717, 1.165) is 12.8 Å². The lowest BCUT2D eigenvalue weighted by atomic mass is 10.0. The highest BCUT2D eigenvalue weighted by Gasteiger charge is 2.23. The molecule has 0 aromatic carbocycles. The monoisotopic (exact) mass is 557 g/mol. The molecule has 0 radical (unpaired) electrons. The maximum Gasteiger partial charge on any atom is 0.469 e. The van der Waals surface area contributed by atoms with Crippen LogP contribution in [0.1, 0.15) is 104 Å². The van der Waals surface area contributed by atoms with Gasteiger partial charge in [0.15, 0.2) is 0 Å². The van der Waals surface area contributed by atoms with Crippen molar-refractivity contribution in [2.45, 2.75) is 109 Å². The highest BCUT2D eigenvalue weighted by Crippen LogP contribution is 2.36. The second-order valence-electron chi connectivity index (χ2n) is 9.07. The fourth-order valence-corrected chi connectivity index (χ4v) is 4.69. The van der Waals surface area contributed by atoms with Crippen LogP contribution in [0.5, 0.6) is 0 Å². The van der Waals surface area contributed by atoms with E-state index in [2.05, 4.69) is 32.7 Å². The topological polar surface area (TPSA) is 105 Å². The van der Waals surface area contributed by atoms with Gasteiger partial charge in [-0.15, -0.1) is 0 Å². The highest BCUT2D eigenvalue weighted by atomic mass is 79.9. The number of halogens is 1. The lowest BCUT2D eigenvalue weighted by Gasteiger charge is -2.23. The van der Waals surface area contributed by atoms with Crippen LogP contribution in [0.25, 0.3) is 0 Å².